The summed E-state index contributed by atoms with van der Waals surface area (Å²) in [7, 11) is 0. The summed E-state index contributed by atoms with van der Waals surface area (Å²) in [5.74, 6) is -0.534. The highest BCUT2D eigenvalue weighted by atomic mass is 16.7. The molecule has 108 valence electrons. The highest BCUT2D eigenvalue weighted by Gasteiger charge is 2.36. The molecule has 0 aromatic rings. The van der Waals surface area contributed by atoms with Crippen molar-refractivity contribution in [3.63, 3.8) is 0 Å². The summed E-state index contributed by atoms with van der Waals surface area (Å²) >= 11 is 0. The van der Waals surface area contributed by atoms with Gasteiger partial charge in [-0.05, 0) is 27.7 Å². The molecular weight excluding hydrogens is 252 g/mol. The molecular formula is C13H20O6. The van der Waals surface area contributed by atoms with E-state index in [1.54, 1.807) is 27.7 Å². The van der Waals surface area contributed by atoms with Crippen molar-refractivity contribution < 1.29 is 28.5 Å². The van der Waals surface area contributed by atoms with Gasteiger partial charge in [0, 0.05) is 5.57 Å². The summed E-state index contributed by atoms with van der Waals surface area (Å²) in [6.45, 7) is 10.6. The molecule has 0 aromatic carbocycles. The van der Waals surface area contributed by atoms with E-state index in [0.717, 1.165) is 0 Å². The molecule has 0 N–H and O–H groups in total. The zero-order valence-corrected chi connectivity index (χ0v) is 11.7. The minimum absolute atomic E-state index is 0.174. The number of hydrogen-bond donors (Lipinski definition) is 0. The third kappa shape index (κ3) is 5.30. The molecule has 0 spiro atoms. The first-order chi connectivity index (χ1) is 8.69. The van der Waals surface area contributed by atoms with E-state index in [2.05, 4.69) is 6.58 Å². The van der Waals surface area contributed by atoms with Crippen molar-refractivity contribution in [2.24, 2.45) is 0 Å². The van der Waals surface area contributed by atoms with Crippen LogP contribution in [0.4, 0.5) is 4.79 Å². The van der Waals surface area contributed by atoms with Gasteiger partial charge >= 0.3 is 12.1 Å². The number of carbonyl (C=O) groups excluding carboxylic acids is 2. The van der Waals surface area contributed by atoms with E-state index in [1.807, 2.05) is 0 Å². The van der Waals surface area contributed by atoms with Crippen LogP contribution in [0.1, 0.15) is 27.7 Å². The van der Waals surface area contributed by atoms with Crippen LogP contribution in [0.15, 0.2) is 12.2 Å². The van der Waals surface area contributed by atoms with Gasteiger partial charge in [0.15, 0.2) is 12.2 Å². The van der Waals surface area contributed by atoms with Gasteiger partial charge in [-0.3, -0.25) is 0 Å². The Bertz CT molecular complexity index is 368. The Balaban J connectivity index is 2.50. The quantitative estimate of drug-likeness (QED) is 0.576. The van der Waals surface area contributed by atoms with E-state index in [1.165, 1.54) is 0 Å². The summed E-state index contributed by atoms with van der Waals surface area (Å²) < 4.78 is 20.4. The Morgan fingerprint density at radius 3 is 2.16 bits per heavy atom. The molecule has 0 radical (unpaired) electrons. The molecule has 1 rings (SSSR count). The van der Waals surface area contributed by atoms with E-state index in [0.29, 0.717) is 0 Å². The highest BCUT2D eigenvalue weighted by Crippen LogP contribution is 2.17. The van der Waals surface area contributed by atoms with Gasteiger partial charge in [-0.1, -0.05) is 6.58 Å². The lowest BCUT2D eigenvalue weighted by atomic mass is 10.2. The van der Waals surface area contributed by atoms with Gasteiger partial charge < -0.3 is 18.9 Å². The standard InChI is InChI=1S/C13H20O6/c1-8(2)11(14)17-9-6-16-7-10(9)18-12(15)19-13(3,4)5/h9-10H,1,6-7H2,2-5H3. The van der Waals surface area contributed by atoms with E-state index in [9.17, 15) is 9.59 Å². The fourth-order valence-corrected chi connectivity index (χ4v) is 1.37. The Labute approximate surface area is 112 Å². The lowest BCUT2D eigenvalue weighted by Crippen LogP contribution is -2.36. The third-order valence-electron chi connectivity index (χ3n) is 2.22. The van der Waals surface area contributed by atoms with E-state index in [-0.39, 0.29) is 18.8 Å². The molecule has 1 saturated heterocycles. The largest absolute Gasteiger partial charge is 0.509 e. The number of carbonyl (C=O) groups is 2. The predicted molar refractivity (Wildman–Crippen MR) is 66.6 cm³/mol. The van der Waals surface area contributed by atoms with Crippen LogP contribution < -0.4 is 0 Å². The molecule has 2 unspecified atom stereocenters. The van der Waals surface area contributed by atoms with Crippen molar-refractivity contribution in [3.05, 3.63) is 12.2 Å². The Morgan fingerprint density at radius 1 is 1.16 bits per heavy atom. The van der Waals surface area contributed by atoms with Crippen LogP contribution in [0.25, 0.3) is 0 Å². The zero-order chi connectivity index (χ0) is 14.6. The average Bonchev–Trinajstić information content (AvgIpc) is 2.62. The molecule has 6 nitrogen and oxygen atoms in total. The normalized spacial score (nSPS) is 22.7. The minimum atomic E-state index is -0.806. The fourth-order valence-electron chi connectivity index (χ4n) is 1.37. The molecule has 0 aliphatic carbocycles. The fraction of sp³-hybridized carbons (Fsp3) is 0.692. The minimum Gasteiger partial charge on any atom is -0.452 e. The summed E-state index contributed by atoms with van der Waals surface area (Å²) in [6.07, 6.45) is -2.09. The number of rotatable bonds is 3. The van der Waals surface area contributed by atoms with E-state index in [4.69, 9.17) is 18.9 Å². The Hall–Kier alpha value is -1.56. The average molecular weight is 272 g/mol. The molecule has 1 fully saturated rings. The highest BCUT2D eigenvalue weighted by molar-refractivity contribution is 5.87. The first-order valence-corrected chi connectivity index (χ1v) is 6.03. The van der Waals surface area contributed by atoms with Crippen molar-refractivity contribution in [3.8, 4) is 0 Å². The van der Waals surface area contributed by atoms with Crippen LogP contribution in [-0.4, -0.2) is 43.1 Å². The van der Waals surface area contributed by atoms with Crippen LogP contribution in [0.2, 0.25) is 0 Å². The van der Waals surface area contributed by atoms with Gasteiger partial charge in [0.2, 0.25) is 0 Å². The molecule has 19 heavy (non-hydrogen) atoms. The number of esters is 1. The Morgan fingerprint density at radius 2 is 1.68 bits per heavy atom. The number of ether oxygens (including phenoxy) is 4. The van der Waals surface area contributed by atoms with Gasteiger partial charge in [0.25, 0.3) is 0 Å². The van der Waals surface area contributed by atoms with Gasteiger partial charge in [0.05, 0.1) is 13.2 Å². The maximum absolute atomic E-state index is 11.5. The second-order valence-electron chi connectivity index (χ2n) is 5.38. The first-order valence-electron chi connectivity index (χ1n) is 6.03. The second kappa shape index (κ2) is 6.06. The smallest absolute Gasteiger partial charge is 0.452 e. The number of hydrogen-bond acceptors (Lipinski definition) is 6. The SMILES string of the molecule is C=C(C)C(=O)OC1COCC1OC(=O)OC(C)(C)C. The molecule has 2 atom stereocenters. The van der Waals surface area contributed by atoms with Crippen molar-refractivity contribution >= 4 is 12.1 Å². The summed E-state index contributed by atoms with van der Waals surface area (Å²) in [6, 6.07) is 0. The lowest BCUT2D eigenvalue weighted by Gasteiger charge is -2.22. The summed E-state index contributed by atoms with van der Waals surface area (Å²) in [4.78, 5) is 22.9. The van der Waals surface area contributed by atoms with Crippen LogP contribution >= 0.6 is 0 Å². The topological polar surface area (TPSA) is 71.1 Å². The summed E-state index contributed by atoms with van der Waals surface area (Å²) in [5, 5.41) is 0. The van der Waals surface area contributed by atoms with Crippen LogP contribution in [-0.2, 0) is 23.7 Å². The van der Waals surface area contributed by atoms with Crippen LogP contribution in [0.5, 0.6) is 0 Å². The summed E-state index contributed by atoms with van der Waals surface area (Å²) in [5.41, 5.74) is -0.358. The maximum atomic E-state index is 11.5. The van der Waals surface area contributed by atoms with Crippen molar-refractivity contribution in [2.75, 3.05) is 13.2 Å². The molecule has 0 amide bonds. The van der Waals surface area contributed by atoms with E-state index >= 15 is 0 Å². The van der Waals surface area contributed by atoms with Crippen LogP contribution in [0.3, 0.4) is 0 Å². The molecule has 6 heteroatoms. The molecule has 1 aliphatic heterocycles. The van der Waals surface area contributed by atoms with Crippen molar-refractivity contribution in [1.82, 2.24) is 0 Å². The Kier molecular flexibility index (Phi) is 4.94. The van der Waals surface area contributed by atoms with Crippen LogP contribution in [0, 0.1) is 0 Å². The van der Waals surface area contributed by atoms with Crippen molar-refractivity contribution in [1.29, 1.82) is 0 Å². The zero-order valence-electron chi connectivity index (χ0n) is 11.7. The second-order valence-corrected chi connectivity index (χ2v) is 5.38. The lowest BCUT2D eigenvalue weighted by molar-refractivity contribution is -0.149. The van der Waals surface area contributed by atoms with Gasteiger partial charge in [-0.25, -0.2) is 9.59 Å². The van der Waals surface area contributed by atoms with Gasteiger partial charge in [-0.2, -0.15) is 0 Å². The molecule has 0 bridgehead atoms. The maximum Gasteiger partial charge on any atom is 0.509 e. The van der Waals surface area contributed by atoms with Gasteiger partial charge in [0.1, 0.15) is 5.60 Å². The monoisotopic (exact) mass is 272 g/mol. The van der Waals surface area contributed by atoms with Crippen molar-refractivity contribution in [2.45, 2.75) is 45.5 Å². The third-order valence-corrected chi connectivity index (χ3v) is 2.22. The molecule has 0 saturated carbocycles. The molecule has 0 aromatic heterocycles. The van der Waals surface area contributed by atoms with Gasteiger partial charge in [-0.15, -0.1) is 0 Å². The first kappa shape index (κ1) is 15.5. The van der Waals surface area contributed by atoms with E-state index < -0.39 is 29.9 Å². The molecule has 1 heterocycles. The predicted octanol–water partition coefficient (Wildman–Crippen LogP) is 1.82. The molecule has 1 aliphatic rings.